The molecule has 1 unspecified atom stereocenters. The molecule has 3 rings (SSSR count). The summed E-state index contributed by atoms with van der Waals surface area (Å²) in [4.78, 5) is 13.3. The summed E-state index contributed by atoms with van der Waals surface area (Å²) in [6, 6.07) is 8.73. The largest absolute Gasteiger partial charge is 0.511 e. The van der Waals surface area contributed by atoms with E-state index in [0.29, 0.717) is 11.3 Å². The van der Waals surface area contributed by atoms with Gasteiger partial charge in [-0.25, -0.2) is 8.42 Å². The maximum atomic E-state index is 13.4. The van der Waals surface area contributed by atoms with E-state index in [2.05, 4.69) is 0 Å². The van der Waals surface area contributed by atoms with E-state index < -0.39 is 33.9 Å². The SMILES string of the molecule is COc1cc2c(cc1OC)C(=O)C(c1ccccc1)N(S(=O)(=O)C(F)(F)F)CC2. The minimum Gasteiger partial charge on any atom is -0.493 e. The fraction of sp³-hybridized carbons (Fsp3) is 0.316. The van der Waals surface area contributed by atoms with Crippen LogP contribution < -0.4 is 9.47 Å². The van der Waals surface area contributed by atoms with Crippen LogP contribution in [0.2, 0.25) is 0 Å². The minimum atomic E-state index is -5.75. The topological polar surface area (TPSA) is 72.9 Å². The molecule has 2 aromatic rings. The van der Waals surface area contributed by atoms with Gasteiger partial charge in [0.1, 0.15) is 6.04 Å². The maximum absolute atomic E-state index is 13.4. The van der Waals surface area contributed by atoms with Crippen molar-refractivity contribution in [3.05, 3.63) is 59.2 Å². The van der Waals surface area contributed by atoms with Crippen molar-refractivity contribution in [1.82, 2.24) is 4.31 Å². The Hall–Kier alpha value is -2.59. The van der Waals surface area contributed by atoms with Crippen LogP contribution in [0.25, 0.3) is 0 Å². The molecule has 0 amide bonds. The second kappa shape index (κ2) is 7.68. The Balaban J connectivity index is 2.23. The smallest absolute Gasteiger partial charge is 0.493 e. The van der Waals surface area contributed by atoms with E-state index in [0.717, 1.165) is 0 Å². The number of methoxy groups -OCH3 is 2. The summed E-state index contributed by atoms with van der Waals surface area (Å²) in [5.74, 6) is -0.251. The van der Waals surface area contributed by atoms with Gasteiger partial charge >= 0.3 is 15.5 Å². The van der Waals surface area contributed by atoms with Crippen molar-refractivity contribution in [2.75, 3.05) is 20.8 Å². The highest BCUT2D eigenvalue weighted by atomic mass is 32.2. The fourth-order valence-corrected chi connectivity index (χ4v) is 4.43. The molecule has 1 atom stereocenters. The molecule has 0 bridgehead atoms. The predicted molar refractivity (Wildman–Crippen MR) is 98.4 cm³/mol. The van der Waals surface area contributed by atoms with E-state index in [1.165, 1.54) is 50.6 Å². The Bertz CT molecular complexity index is 1020. The van der Waals surface area contributed by atoms with Crippen molar-refractivity contribution >= 4 is 15.8 Å². The Morgan fingerprint density at radius 2 is 1.62 bits per heavy atom. The van der Waals surface area contributed by atoms with Crippen molar-refractivity contribution in [1.29, 1.82) is 0 Å². The average Bonchev–Trinajstić information content (AvgIpc) is 2.83. The molecule has 1 aliphatic rings. The second-order valence-corrected chi connectivity index (χ2v) is 8.24. The van der Waals surface area contributed by atoms with Gasteiger partial charge in [-0.1, -0.05) is 30.3 Å². The zero-order chi connectivity index (χ0) is 21.4. The number of halogens is 3. The second-order valence-electron chi connectivity index (χ2n) is 6.35. The zero-order valence-electron chi connectivity index (χ0n) is 15.6. The number of ether oxygens (including phenoxy) is 2. The summed E-state index contributed by atoms with van der Waals surface area (Å²) in [6.07, 6.45) is -0.0972. The summed E-state index contributed by atoms with van der Waals surface area (Å²) in [6.45, 7) is -0.518. The first kappa shape index (κ1) is 21.1. The quantitative estimate of drug-likeness (QED) is 0.746. The lowest BCUT2D eigenvalue weighted by Gasteiger charge is -2.29. The Labute approximate surface area is 165 Å². The number of sulfonamides is 1. The Morgan fingerprint density at radius 1 is 1.03 bits per heavy atom. The van der Waals surface area contributed by atoms with E-state index in [-0.39, 0.29) is 27.6 Å². The molecule has 0 spiro atoms. The van der Waals surface area contributed by atoms with Crippen LogP contribution in [-0.2, 0) is 16.4 Å². The lowest BCUT2D eigenvalue weighted by atomic mass is 9.94. The molecule has 0 fully saturated rings. The maximum Gasteiger partial charge on any atom is 0.511 e. The van der Waals surface area contributed by atoms with Crippen LogP contribution >= 0.6 is 0 Å². The normalized spacial score (nSPS) is 18.1. The number of hydrogen-bond donors (Lipinski definition) is 0. The summed E-state index contributed by atoms with van der Waals surface area (Å²) in [5, 5.41) is 0. The van der Waals surface area contributed by atoms with E-state index in [1.54, 1.807) is 6.07 Å². The fourth-order valence-electron chi connectivity index (χ4n) is 3.34. The third kappa shape index (κ3) is 3.69. The number of benzene rings is 2. The number of hydrogen-bond acceptors (Lipinski definition) is 5. The van der Waals surface area contributed by atoms with Crippen LogP contribution in [0.3, 0.4) is 0 Å². The van der Waals surface area contributed by atoms with Gasteiger partial charge in [0.05, 0.1) is 14.2 Å². The number of Topliss-reactive ketones (excluding diaryl/α,β-unsaturated/α-hetero) is 1. The molecule has 2 aromatic carbocycles. The summed E-state index contributed by atoms with van der Waals surface area (Å²) in [5.41, 5.74) is -4.91. The van der Waals surface area contributed by atoms with Gasteiger partial charge in [0, 0.05) is 12.1 Å². The van der Waals surface area contributed by atoms with E-state index in [1.807, 2.05) is 0 Å². The van der Waals surface area contributed by atoms with Gasteiger partial charge in [0.15, 0.2) is 17.3 Å². The van der Waals surface area contributed by atoms with Crippen LogP contribution in [0.15, 0.2) is 42.5 Å². The highest BCUT2D eigenvalue weighted by Gasteiger charge is 2.54. The van der Waals surface area contributed by atoms with Crippen LogP contribution in [0.5, 0.6) is 11.5 Å². The van der Waals surface area contributed by atoms with Crippen LogP contribution in [0.1, 0.15) is 27.5 Å². The van der Waals surface area contributed by atoms with Gasteiger partial charge in [-0.3, -0.25) is 4.79 Å². The molecule has 0 aromatic heterocycles. The number of alkyl halides is 3. The number of carbonyl (C=O) groups is 1. The van der Waals surface area contributed by atoms with Gasteiger partial charge in [-0.2, -0.15) is 17.5 Å². The summed E-state index contributed by atoms with van der Waals surface area (Å²) in [7, 11) is -3.01. The molecule has 1 aliphatic heterocycles. The molecule has 10 heteroatoms. The third-order valence-corrected chi connectivity index (χ3v) is 6.33. The molecule has 0 saturated heterocycles. The number of fused-ring (bicyclic) bond motifs is 1. The minimum absolute atomic E-state index is 0.0939. The highest BCUT2D eigenvalue weighted by molar-refractivity contribution is 7.90. The molecule has 156 valence electrons. The van der Waals surface area contributed by atoms with Crippen molar-refractivity contribution in [2.24, 2.45) is 0 Å². The van der Waals surface area contributed by atoms with E-state index in [4.69, 9.17) is 9.47 Å². The van der Waals surface area contributed by atoms with Crippen molar-refractivity contribution in [2.45, 2.75) is 18.0 Å². The van der Waals surface area contributed by atoms with Crippen LogP contribution in [0, 0.1) is 0 Å². The van der Waals surface area contributed by atoms with E-state index in [9.17, 15) is 26.4 Å². The first-order chi connectivity index (χ1) is 13.6. The van der Waals surface area contributed by atoms with Gasteiger partial charge in [0.2, 0.25) is 0 Å². The number of ketones is 1. The predicted octanol–water partition coefficient (Wildman–Crippen LogP) is 3.34. The molecule has 0 aliphatic carbocycles. The summed E-state index contributed by atoms with van der Waals surface area (Å²) < 4.78 is 75.2. The van der Waals surface area contributed by atoms with Crippen molar-refractivity contribution in [3.63, 3.8) is 0 Å². The first-order valence-electron chi connectivity index (χ1n) is 8.54. The van der Waals surface area contributed by atoms with Crippen LogP contribution in [-0.4, -0.2) is 44.8 Å². The molecule has 6 nitrogen and oxygen atoms in total. The molecule has 1 heterocycles. The van der Waals surface area contributed by atoms with Gasteiger partial charge < -0.3 is 9.47 Å². The monoisotopic (exact) mass is 429 g/mol. The Kier molecular flexibility index (Phi) is 5.59. The summed E-state index contributed by atoms with van der Waals surface area (Å²) >= 11 is 0. The van der Waals surface area contributed by atoms with E-state index >= 15 is 0 Å². The molecular weight excluding hydrogens is 411 g/mol. The van der Waals surface area contributed by atoms with Crippen molar-refractivity contribution in [3.8, 4) is 11.5 Å². The number of rotatable bonds is 4. The average molecular weight is 429 g/mol. The Morgan fingerprint density at radius 3 is 2.17 bits per heavy atom. The van der Waals surface area contributed by atoms with Gasteiger partial charge in [-0.05, 0) is 29.7 Å². The molecule has 29 heavy (non-hydrogen) atoms. The standard InChI is InChI=1S/C19H18F3NO5S/c1-27-15-10-13-8-9-23(29(25,26)19(20,21)22)17(12-6-4-3-5-7-12)18(24)14(13)11-16(15)28-2/h3-7,10-11,17H,8-9H2,1-2H3. The highest BCUT2D eigenvalue weighted by Crippen LogP contribution is 2.40. The van der Waals surface area contributed by atoms with Crippen molar-refractivity contribution < 1.29 is 35.9 Å². The van der Waals surface area contributed by atoms with Crippen LogP contribution in [0.4, 0.5) is 13.2 Å². The number of nitrogens with zero attached hydrogens (tertiary/aromatic N) is 1. The number of carbonyl (C=O) groups excluding carboxylic acids is 1. The molecule has 0 radical (unpaired) electrons. The zero-order valence-corrected chi connectivity index (χ0v) is 16.4. The first-order valence-corrected chi connectivity index (χ1v) is 9.98. The molecular formula is C19H18F3NO5S. The third-order valence-electron chi connectivity index (χ3n) is 4.73. The molecule has 0 N–H and O–H groups in total. The lowest BCUT2D eigenvalue weighted by molar-refractivity contribution is -0.0496. The lowest BCUT2D eigenvalue weighted by Crippen LogP contribution is -2.45. The van der Waals surface area contributed by atoms with Gasteiger partial charge in [0.25, 0.3) is 0 Å². The molecule has 0 saturated carbocycles. The van der Waals surface area contributed by atoms with Gasteiger partial charge in [-0.15, -0.1) is 0 Å².